The van der Waals surface area contributed by atoms with Gasteiger partial charge in [0.2, 0.25) is 10.0 Å². The van der Waals surface area contributed by atoms with Crippen LogP contribution in [-0.2, 0) is 26.0 Å². The lowest BCUT2D eigenvalue weighted by Crippen LogP contribution is -2.41. The Kier molecular flexibility index (Phi) is 7.10. The molecule has 0 aromatic heterocycles. The molecular weight excluding hydrogens is 430 g/mol. The van der Waals surface area contributed by atoms with Crippen molar-refractivity contribution in [3.05, 3.63) is 59.2 Å². The Morgan fingerprint density at radius 2 is 1.56 bits per heavy atom. The fourth-order valence-electron chi connectivity index (χ4n) is 3.88. The zero-order valence-electron chi connectivity index (χ0n) is 18.2. The normalized spacial score (nSPS) is 17.8. The Morgan fingerprint density at radius 1 is 0.938 bits per heavy atom. The molecule has 2 aromatic rings. The number of sulfonamides is 1. The van der Waals surface area contributed by atoms with Gasteiger partial charge in [-0.25, -0.2) is 8.42 Å². The molecule has 0 atom stereocenters. The fraction of sp³-hybridized carbons (Fsp3) is 0.435. The van der Waals surface area contributed by atoms with Gasteiger partial charge < -0.3 is 19.7 Å². The van der Waals surface area contributed by atoms with Crippen molar-refractivity contribution in [3.8, 4) is 0 Å². The predicted octanol–water partition coefficient (Wildman–Crippen LogP) is 1.78. The fourth-order valence-corrected chi connectivity index (χ4v) is 5.53. The van der Waals surface area contributed by atoms with Gasteiger partial charge in [0.05, 0.1) is 31.3 Å². The number of aryl methyl sites for hydroxylation is 1. The van der Waals surface area contributed by atoms with Gasteiger partial charge in [0, 0.05) is 44.0 Å². The zero-order chi connectivity index (χ0) is 22.6. The molecule has 1 amide bonds. The van der Waals surface area contributed by atoms with Gasteiger partial charge in [0.1, 0.15) is 0 Å². The highest BCUT2D eigenvalue weighted by atomic mass is 32.2. The molecule has 32 heavy (non-hydrogen) atoms. The largest absolute Gasteiger partial charge is 0.379 e. The van der Waals surface area contributed by atoms with Crippen LogP contribution in [0.2, 0.25) is 0 Å². The van der Waals surface area contributed by atoms with Crippen molar-refractivity contribution in [2.45, 2.75) is 18.4 Å². The molecule has 2 aromatic carbocycles. The van der Waals surface area contributed by atoms with E-state index < -0.39 is 10.0 Å². The molecule has 0 aliphatic carbocycles. The highest BCUT2D eigenvalue weighted by molar-refractivity contribution is 7.89. The monoisotopic (exact) mass is 459 g/mol. The number of carbonyl (C=O) groups is 1. The number of hydrogen-bond donors (Lipinski definition) is 1. The number of morpholine rings is 2. The number of anilines is 1. The predicted molar refractivity (Wildman–Crippen MR) is 121 cm³/mol. The van der Waals surface area contributed by atoms with Crippen LogP contribution in [0.4, 0.5) is 5.69 Å². The maximum Gasteiger partial charge on any atom is 0.251 e. The van der Waals surface area contributed by atoms with Crippen molar-refractivity contribution >= 4 is 21.6 Å². The van der Waals surface area contributed by atoms with E-state index in [1.165, 1.54) is 10.4 Å². The van der Waals surface area contributed by atoms with Crippen molar-refractivity contribution in [2.75, 3.05) is 57.5 Å². The first-order valence-electron chi connectivity index (χ1n) is 10.8. The summed E-state index contributed by atoms with van der Waals surface area (Å²) in [6, 6.07) is 12.9. The van der Waals surface area contributed by atoms with E-state index in [1.807, 2.05) is 24.3 Å². The minimum Gasteiger partial charge on any atom is -0.379 e. The lowest BCUT2D eigenvalue weighted by atomic mass is 10.1. The summed E-state index contributed by atoms with van der Waals surface area (Å²) >= 11 is 0. The lowest BCUT2D eigenvalue weighted by molar-refractivity contribution is 0.0730. The highest BCUT2D eigenvalue weighted by Gasteiger charge is 2.28. The second kappa shape index (κ2) is 9.99. The molecule has 2 aliphatic heterocycles. The summed E-state index contributed by atoms with van der Waals surface area (Å²) in [5.41, 5.74) is 3.06. The molecular formula is C23H29N3O5S. The van der Waals surface area contributed by atoms with Gasteiger partial charge in [-0.05, 0) is 42.3 Å². The summed E-state index contributed by atoms with van der Waals surface area (Å²) in [7, 11) is -3.67. The van der Waals surface area contributed by atoms with E-state index in [2.05, 4.69) is 10.2 Å². The Balaban J connectivity index is 1.42. The van der Waals surface area contributed by atoms with E-state index in [-0.39, 0.29) is 10.8 Å². The molecule has 2 heterocycles. The SMILES string of the molecule is Cc1ccc(C(=O)NCc2ccc(N3CCOCC3)cc2)cc1S(=O)(=O)N1CCOCC1. The average Bonchev–Trinajstić information content (AvgIpc) is 2.84. The van der Waals surface area contributed by atoms with E-state index in [0.29, 0.717) is 44.0 Å². The lowest BCUT2D eigenvalue weighted by Gasteiger charge is -2.28. The topological polar surface area (TPSA) is 88.2 Å². The molecule has 8 nitrogen and oxygen atoms in total. The van der Waals surface area contributed by atoms with Crippen LogP contribution in [0.1, 0.15) is 21.5 Å². The molecule has 1 N–H and O–H groups in total. The van der Waals surface area contributed by atoms with Crippen LogP contribution in [0.15, 0.2) is 47.4 Å². The van der Waals surface area contributed by atoms with Crippen molar-refractivity contribution < 1.29 is 22.7 Å². The Labute approximate surface area is 189 Å². The highest BCUT2D eigenvalue weighted by Crippen LogP contribution is 2.22. The molecule has 9 heteroatoms. The summed E-state index contributed by atoms with van der Waals surface area (Å²) in [5.74, 6) is -0.305. The average molecular weight is 460 g/mol. The number of nitrogens with zero attached hydrogens (tertiary/aromatic N) is 2. The smallest absolute Gasteiger partial charge is 0.251 e. The van der Waals surface area contributed by atoms with Crippen LogP contribution in [0.3, 0.4) is 0 Å². The van der Waals surface area contributed by atoms with E-state index >= 15 is 0 Å². The van der Waals surface area contributed by atoms with E-state index in [9.17, 15) is 13.2 Å². The van der Waals surface area contributed by atoms with Crippen LogP contribution in [0, 0.1) is 6.92 Å². The van der Waals surface area contributed by atoms with Crippen molar-refractivity contribution in [3.63, 3.8) is 0 Å². The molecule has 172 valence electrons. The number of benzene rings is 2. The zero-order valence-corrected chi connectivity index (χ0v) is 19.1. The first-order chi connectivity index (χ1) is 15.4. The first-order valence-corrected chi connectivity index (χ1v) is 12.3. The number of nitrogens with one attached hydrogen (secondary N) is 1. The van der Waals surface area contributed by atoms with Crippen LogP contribution in [0.5, 0.6) is 0 Å². The van der Waals surface area contributed by atoms with Gasteiger partial charge in [-0.3, -0.25) is 4.79 Å². The number of amides is 1. The molecule has 0 unspecified atom stereocenters. The van der Waals surface area contributed by atoms with Gasteiger partial charge in [0.15, 0.2) is 0 Å². The molecule has 4 rings (SSSR count). The third-order valence-corrected chi connectivity index (χ3v) is 7.84. The maximum atomic E-state index is 13.1. The van der Waals surface area contributed by atoms with Gasteiger partial charge in [-0.15, -0.1) is 0 Å². The van der Waals surface area contributed by atoms with Crippen LogP contribution in [0.25, 0.3) is 0 Å². The standard InChI is InChI=1S/C23H29N3O5S/c1-18-2-5-20(16-22(18)32(28,29)26-10-14-31-15-11-26)23(27)24-17-19-3-6-21(7-4-19)25-8-12-30-13-9-25/h2-7,16H,8-15,17H2,1H3,(H,24,27). The minimum absolute atomic E-state index is 0.168. The summed E-state index contributed by atoms with van der Waals surface area (Å²) in [4.78, 5) is 15.2. The number of rotatable bonds is 6. The van der Waals surface area contributed by atoms with Gasteiger partial charge in [0.25, 0.3) is 5.91 Å². The Morgan fingerprint density at radius 3 is 2.22 bits per heavy atom. The van der Waals surface area contributed by atoms with Crippen LogP contribution >= 0.6 is 0 Å². The molecule has 0 bridgehead atoms. The summed E-state index contributed by atoms with van der Waals surface area (Å²) < 4.78 is 38.2. The molecule has 0 spiro atoms. The Bertz CT molecular complexity index is 1040. The van der Waals surface area contributed by atoms with E-state index in [4.69, 9.17) is 9.47 Å². The van der Waals surface area contributed by atoms with Crippen molar-refractivity contribution in [2.24, 2.45) is 0 Å². The molecule has 2 fully saturated rings. The molecule has 0 saturated carbocycles. The molecule has 0 radical (unpaired) electrons. The summed E-state index contributed by atoms with van der Waals surface area (Å²) in [6.45, 7) is 6.71. The minimum atomic E-state index is -3.67. The van der Waals surface area contributed by atoms with E-state index in [0.717, 1.165) is 37.6 Å². The van der Waals surface area contributed by atoms with E-state index in [1.54, 1.807) is 19.1 Å². The number of carbonyl (C=O) groups excluding carboxylic acids is 1. The summed E-state index contributed by atoms with van der Waals surface area (Å²) in [5, 5.41) is 2.89. The molecule has 2 saturated heterocycles. The Hall–Kier alpha value is -2.46. The first kappa shape index (κ1) is 22.7. The number of ether oxygens (including phenoxy) is 2. The third kappa shape index (κ3) is 5.12. The van der Waals surface area contributed by atoms with Crippen LogP contribution in [-0.4, -0.2) is 71.2 Å². The number of hydrogen-bond acceptors (Lipinski definition) is 6. The van der Waals surface area contributed by atoms with Gasteiger partial charge >= 0.3 is 0 Å². The quantitative estimate of drug-likeness (QED) is 0.709. The van der Waals surface area contributed by atoms with Crippen molar-refractivity contribution in [1.29, 1.82) is 0 Å². The maximum absolute atomic E-state index is 13.1. The second-order valence-corrected chi connectivity index (χ2v) is 9.85. The third-order valence-electron chi connectivity index (χ3n) is 5.80. The van der Waals surface area contributed by atoms with Crippen molar-refractivity contribution in [1.82, 2.24) is 9.62 Å². The molecule has 2 aliphatic rings. The summed E-state index contributed by atoms with van der Waals surface area (Å²) in [6.07, 6.45) is 0. The van der Waals surface area contributed by atoms with Gasteiger partial charge in [-0.2, -0.15) is 4.31 Å². The van der Waals surface area contributed by atoms with Crippen LogP contribution < -0.4 is 10.2 Å². The second-order valence-electron chi connectivity index (χ2n) is 7.95. The van der Waals surface area contributed by atoms with Gasteiger partial charge in [-0.1, -0.05) is 18.2 Å².